The Bertz CT molecular complexity index is 1960. The minimum atomic E-state index is -1.34. The van der Waals surface area contributed by atoms with Crippen LogP contribution in [-0.4, -0.2) is 105 Å². The Morgan fingerprint density at radius 3 is 2.69 bits per heavy atom. The number of aliphatic hydroxyl groups excluding tert-OH is 1. The van der Waals surface area contributed by atoms with Crippen LogP contribution in [0.2, 0.25) is 0 Å². The lowest BCUT2D eigenvalue weighted by Gasteiger charge is -2.31. The molecule has 4 atom stereocenters. The molecule has 3 saturated heterocycles. The first-order chi connectivity index (χ1) is 23.4. The van der Waals surface area contributed by atoms with Crippen molar-refractivity contribution in [2.75, 3.05) is 50.9 Å². The van der Waals surface area contributed by atoms with E-state index in [9.17, 15) is 19.7 Å². The second-order valence-corrected chi connectivity index (χ2v) is 14.8. The summed E-state index contributed by atoms with van der Waals surface area (Å²) in [5.74, 6) is -1.20. The minimum absolute atomic E-state index is 0.0384. The number of benzene rings is 2. The molecule has 3 aliphatic heterocycles. The van der Waals surface area contributed by atoms with Gasteiger partial charge in [0.2, 0.25) is 0 Å². The molecule has 3 unspecified atom stereocenters. The zero-order valence-corrected chi connectivity index (χ0v) is 27.6. The van der Waals surface area contributed by atoms with Gasteiger partial charge < -0.3 is 29.7 Å². The van der Waals surface area contributed by atoms with Gasteiger partial charge in [-0.15, -0.1) is 0 Å². The number of rotatable bonds is 7. The number of aromatic hydroxyl groups is 1. The van der Waals surface area contributed by atoms with Crippen LogP contribution in [0.4, 0.5) is 19.0 Å². The van der Waals surface area contributed by atoms with Crippen LogP contribution in [0.3, 0.4) is 0 Å². The van der Waals surface area contributed by atoms with Crippen molar-refractivity contribution in [3.8, 4) is 23.0 Å². The molecule has 0 bridgehead atoms. The molecule has 3 N–H and O–H groups in total. The van der Waals surface area contributed by atoms with Gasteiger partial charge in [-0.2, -0.15) is 9.97 Å². The molecule has 4 fully saturated rings. The summed E-state index contributed by atoms with van der Waals surface area (Å²) >= 11 is 0. The van der Waals surface area contributed by atoms with Crippen molar-refractivity contribution in [1.29, 1.82) is 0 Å². The number of phenols is 1. The third-order valence-electron chi connectivity index (χ3n) is 10.8. The Morgan fingerprint density at radius 1 is 1.12 bits per heavy atom. The fourth-order valence-corrected chi connectivity index (χ4v) is 8.46. The van der Waals surface area contributed by atoms with Crippen molar-refractivity contribution in [2.45, 2.75) is 69.4 Å². The van der Waals surface area contributed by atoms with Crippen LogP contribution in [0.1, 0.15) is 45.1 Å². The van der Waals surface area contributed by atoms with Crippen molar-refractivity contribution in [2.24, 2.45) is 5.41 Å². The van der Waals surface area contributed by atoms with Crippen molar-refractivity contribution in [3.63, 3.8) is 0 Å². The molecule has 10 nitrogen and oxygen atoms in total. The molecular formula is C36H40F3N5O5. The molecule has 260 valence electrons. The van der Waals surface area contributed by atoms with Gasteiger partial charge in [0.25, 0.3) is 0 Å². The predicted octanol–water partition coefficient (Wildman–Crippen LogP) is 4.69. The van der Waals surface area contributed by atoms with Gasteiger partial charge in [-0.05, 0) is 72.6 Å². The minimum Gasteiger partial charge on any atom is -0.508 e. The molecule has 8 rings (SSSR count). The van der Waals surface area contributed by atoms with E-state index in [1.54, 1.807) is 18.7 Å². The fourth-order valence-electron chi connectivity index (χ4n) is 8.46. The average Bonchev–Trinajstić information content (AvgIpc) is 3.70. The van der Waals surface area contributed by atoms with Crippen LogP contribution in [0.5, 0.6) is 11.8 Å². The van der Waals surface area contributed by atoms with Crippen molar-refractivity contribution in [1.82, 2.24) is 19.9 Å². The molecule has 5 heterocycles. The SMILES string of the molecule is CCc1c(F)ccc2cc(O)cc(-c3ncc4c(N5C[C@H](CO)OCC(C)(O)C5)nc(OCC56CC(F)CN5CC5(CC5)C6)nc4c3F)c12. The van der Waals surface area contributed by atoms with Crippen LogP contribution in [-0.2, 0) is 11.2 Å². The number of pyridine rings is 1. The predicted molar refractivity (Wildman–Crippen MR) is 176 cm³/mol. The Kier molecular flexibility index (Phi) is 7.71. The van der Waals surface area contributed by atoms with Crippen LogP contribution in [0.25, 0.3) is 32.9 Å². The topological polar surface area (TPSA) is 124 Å². The van der Waals surface area contributed by atoms with Gasteiger partial charge in [-0.25, -0.2) is 13.2 Å². The highest BCUT2D eigenvalue weighted by atomic mass is 19.1. The molecule has 4 aromatic rings. The summed E-state index contributed by atoms with van der Waals surface area (Å²) in [4.78, 5) is 17.7. The van der Waals surface area contributed by atoms with E-state index in [-0.39, 0.29) is 78.1 Å². The number of aliphatic hydroxyl groups is 2. The molecular weight excluding hydrogens is 639 g/mol. The summed E-state index contributed by atoms with van der Waals surface area (Å²) < 4.78 is 58.8. The van der Waals surface area contributed by atoms with Crippen LogP contribution < -0.4 is 9.64 Å². The first kappa shape index (κ1) is 32.4. The van der Waals surface area contributed by atoms with Gasteiger partial charge in [0.15, 0.2) is 5.82 Å². The lowest BCUT2D eigenvalue weighted by molar-refractivity contribution is -0.0528. The molecule has 0 radical (unpaired) electrons. The maximum Gasteiger partial charge on any atom is 0.319 e. The van der Waals surface area contributed by atoms with E-state index in [2.05, 4.69) is 14.9 Å². The highest BCUT2D eigenvalue weighted by Gasteiger charge is 2.62. The first-order valence-corrected chi connectivity index (χ1v) is 16.9. The summed E-state index contributed by atoms with van der Waals surface area (Å²) in [5.41, 5.74) is -1.36. The van der Waals surface area contributed by atoms with E-state index in [0.29, 0.717) is 35.7 Å². The maximum absolute atomic E-state index is 17.0. The molecule has 49 heavy (non-hydrogen) atoms. The molecule has 1 saturated carbocycles. The van der Waals surface area contributed by atoms with Gasteiger partial charge >= 0.3 is 6.01 Å². The Hall–Kier alpha value is -3.78. The first-order valence-electron chi connectivity index (χ1n) is 16.9. The fraction of sp³-hybridized carbons (Fsp3) is 0.528. The van der Waals surface area contributed by atoms with E-state index in [1.165, 1.54) is 30.5 Å². The third kappa shape index (κ3) is 5.64. The zero-order chi connectivity index (χ0) is 34.3. The molecule has 1 spiro atoms. The van der Waals surface area contributed by atoms with E-state index < -0.39 is 35.1 Å². The Labute approximate surface area is 281 Å². The number of nitrogens with zero attached hydrogens (tertiary/aromatic N) is 5. The van der Waals surface area contributed by atoms with Gasteiger partial charge in [0, 0.05) is 37.8 Å². The zero-order valence-electron chi connectivity index (χ0n) is 27.6. The van der Waals surface area contributed by atoms with Crippen molar-refractivity contribution < 1.29 is 38.0 Å². The normalized spacial score (nSPS) is 28.0. The molecule has 2 aromatic carbocycles. The maximum atomic E-state index is 17.0. The number of hydrogen-bond acceptors (Lipinski definition) is 10. The summed E-state index contributed by atoms with van der Waals surface area (Å²) in [5, 5.41) is 32.9. The molecule has 4 aliphatic rings. The van der Waals surface area contributed by atoms with Gasteiger partial charge in [-0.1, -0.05) is 13.0 Å². The molecule has 13 heteroatoms. The smallest absolute Gasteiger partial charge is 0.319 e. The van der Waals surface area contributed by atoms with Crippen molar-refractivity contribution in [3.05, 3.63) is 47.7 Å². The Balaban J connectivity index is 1.28. The summed E-state index contributed by atoms with van der Waals surface area (Å²) in [6.45, 7) is 4.51. The van der Waals surface area contributed by atoms with E-state index in [4.69, 9.17) is 14.5 Å². The number of halogens is 3. The highest BCUT2D eigenvalue weighted by Crippen LogP contribution is 2.60. The van der Waals surface area contributed by atoms with E-state index in [1.807, 2.05) is 0 Å². The number of anilines is 1. The summed E-state index contributed by atoms with van der Waals surface area (Å²) in [7, 11) is 0. The monoisotopic (exact) mass is 679 g/mol. The van der Waals surface area contributed by atoms with Crippen LogP contribution in [0.15, 0.2) is 30.5 Å². The highest BCUT2D eigenvalue weighted by molar-refractivity contribution is 6.01. The summed E-state index contributed by atoms with van der Waals surface area (Å²) in [6, 6.07) is 5.59. The van der Waals surface area contributed by atoms with Crippen molar-refractivity contribution >= 4 is 27.5 Å². The number of hydrogen-bond donors (Lipinski definition) is 3. The van der Waals surface area contributed by atoms with E-state index >= 15 is 8.78 Å². The Morgan fingerprint density at radius 2 is 1.94 bits per heavy atom. The number of aryl methyl sites for hydroxylation is 1. The second-order valence-electron chi connectivity index (χ2n) is 14.8. The number of phenolic OH excluding ortho intramolecular Hbond substituents is 1. The van der Waals surface area contributed by atoms with Crippen LogP contribution >= 0.6 is 0 Å². The number of aromatic nitrogens is 3. The quantitative estimate of drug-likeness (QED) is 0.254. The molecule has 0 amide bonds. The lowest BCUT2D eigenvalue weighted by atomic mass is 9.89. The van der Waals surface area contributed by atoms with Gasteiger partial charge in [-0.3, -0.25) is 9.88 Å². The van der Waals surface area contributed by atoms with E-state index in [0.717, 1.165) is 25.8 Å². The second kappa shape index (κ2) is 11.6. The van der Waals surface area contributed by atoms with Gasteiger partial charge in [0.1, 0.15) is 47.0 Å². The van der Waals surface area contributed by atoms with Crippen LogP contribution in [0, 0.1) is 17.0 Å². The third-order valence-corrected chi connectivity index (χ3v) is 10.8. The largest absolute Gasteiger partial charge is 0.508 e. The summed E-state index contributed by atoms with van der Waals surface area (Å²) in [6.07, 6.45) is 3.47. The number of β-amino-alcohol motifs (C(OH)–C–C–N with tert-alkyl or cyclic N) is 1. The lowest BCUT2D eigenvalue weighted by Crippen LogP contribution is -2.44. The standard InChI is InChI=1S/C36H40F3N5O5/c1-3-24-27(38)5-4-20-8-22(46)9-25(28(20)24)30-29(39)31-26(11-40-30)32(43-13-23(14-45)48-18-34(2,47)16-43)42-33(41-31)49-19-36-10-21(37)12-44(36)17-35(15-36)6-7-35/h4-5,8-9,11,21,23,45-47H,3,6-7,10,12-19H2,1-2H3/t21?,23-,34?,36?/m1/s1. The number of ether oxygens (including phenoxy) is 2. The number of fused-ring (bicyclic) bond motifs is 3. The average molecular weight is 680 g/mol. The number of alkyl halides is 1. The van der Waals surface area contributed by atoms with Gasteiger partial charge in [0.05, 0.1) is 36.8 Å². The molecule has 1 aliphatic carbocycles. The molecule has 2 aromatic heterocycles.